The van der Waals surface area contributed by atoms with Crippen LogP contribution < -0.4 is 0 Å². The maximum absolute atomic E-state index is 13.2. The fourth-order valence-corrected chi connectivity index (χ4v) is 3.21. The first-order chi connectivity index (χ1) is 13.2. The molecule has 1 fully saturated rings. The predicted molar refractivity (Wildman–Crippen MR) is 95.7 cm³/mol. The Morgan fingerprint density at radius 2 is 1.75 bits per heavy atom. The zero-order chi connectivity index (χ0) is 20.5. The van der Waals surface area contributed by atoms with Gasteiger partial charge in [0, 0.05) is 32.1 Å². The van der Waals surface area contributed by atoms with Crippen molar-refractivity contribution in [2.45, 2.75) is 38.9 Å². The number of halogens is 3. The van der Waals surface area contributed by atoms with E-state index in [1.54, 1.807) is 0 Å². The molecule has 9 heteroatoms. The van der Waals surface area contributed by atoms with E-state index in [1.165, 1.54) is 23.1 Å². The van der Waals surface area contributed by atoms with Crippen LogP contribution in [0.3, 0.4) is 0 Å². The highest BCUT2D eigenvalue weighted by Gasteiger charge is 2.36. The first kappa shape index (κ1) is 20.3. The lowest BCUT2D eigenvalue weighted by Gasteiger charge is -2.37. The molecule has 0 saturated carbocycles. The number of nitrogens with zero attached hydrogens (tertiary/aromatic N) is 4. The second-order valence-electron chi connectivity index (χ2n) is 7.19. The molecule has 1 saturated heterocycles. The maximum Gasteiger partial charge on any atom is 0.417 e. The van der Waals surface area contributed by atoms with Crippen LogP contribution in [0.25, 0.3) is 0 Å². The minimum absolute atomic E-state index is 0.125. The molecule has 2 aromatic rings. The van der Waals surface area contributed by atoms with Crippen LogP contribution >= 0.6 is 0 Å². The zero-order valence-electron chi connectivity index (χ0n) is 16.0. The topological polar surface area (TPSA) is 62.5 Å². The number of alkyl halides is 3. The number of rotatable bonds is 4. The highest BCUT2D eigenvalue weighted by Crippen LogP contribution is 2.32. The minimum atomic E-state index is -4.56. The van der Waals surface area contributed by atoms with Gasteiger partial charge in [0.15, 0.2) is 5.82 Å². The van der Waals surface area contributed by atoms with Crippen molar-refractivity contribution in [2.75, 3.05) is 26.2 Å². The van der Waals surface area contributed by atoms with Gasteiger partial charge in [-0.2, -0.15) is 18.2 Å². The number of amides is 1. The standard InChI is InChI=1S/C19H23F3N4O2/c1-12(2)16-23-17(28-24-16)13(3)25-8-10-26(11-9-25)18(27)14-6-4-5-7-15(14)19(20,21)22/h4-7,12-13H,8-11H2,1-3H3. The first-order valence-electron chi connectivity index (χ1n) is 9.21. The van der Waals surface area contributed by atoms with Crippen LogP contribution in [-0.2, 0) is 6.18 Å². The molecule has 0 aliphatic carbocycles. The van der Waals surface area contributed by atoms with Gasteiger partial charge in [0.25, 0.3) is 5.91 Å². The highest BCUT2D eigenvalue weighted by molar-refractivity contribution is 5.96. The summed E-state index contributed by atoms with van der Waals surface area (Å²) in [7, 11) is 0. The molecule has 6 nitrogen and oxygen atoms in total. The lowest BCUT2D eigenvalue weighted by Crippen LogP contribution is -2.49. The van der Waals surface area contributed by atoms with Gasteiger partial charge in [-0.15, -0.1) is 0 Å². The van der Waals surface area contributed by atoms with Gasteiger partial charge >= 0.3 is 6.18 Å². The SMILES string of the molecule is CC(C)c1noc(C(C)N2CCN(C(=O)c3ccccc3C(F)(F)F)CC2)n1. The molecule has 0 bridgehead atoms. The Hall–Kier alpha value is -2.42. The molecule has 0 N–H and O–H groups in total. The van der Waals surface area contributed by atoms with Crippen LogP contribution in [0.4, 0.5) is 13.2 Å². The van der Waals surface area contributed by atoms with Crippen molar-refractivity contribution in [3.8, 4) is 0 Å². The third-order valence-electron chi connectivity index (χ3n) is 4.94. The summed E-state index contributed by atoms with van der Waals surface area (Å²) in [6.45, 7) is 7.58. The summed E-state index contributed by atoms with van der Waals surface area (Å²) < 4.78 is 44.9. The number of hydrogen-bond acceptors (Lipinski definition) is 5. The summed E-state index contributed by atoms with van der Waals surface area (Å²) in [5, 5.41) is 3.96. The van der Waals surface area contributed by atoms with E-state index in [2.05, 4.69) is 15.0 Å². The summed E-state index contributed by atoms with van der Waals surface area (Å²) in [6.07, 6.45) is -4.56. The van der Waals surface area contributed by atoms with Gasteiger partial charge in [-0.25, -0.2) is 0 Å². The average molecular weight is 396 g/mol. The summed E-state index contributed by atoms with van der Waals surface area (Å²) in [6, 6.07) is 4.77. The third-order valence-corrected chi connectivity index (χ3v) is 4.94. The highest BCUT2D eigenvalue weighted by atomic mass is 19.4. The lowest BCUT2D eigenvalue weighted by molar-refractivity contribution is -0.138. The van der Waals surface area contributed by atoms with E-state index in [-0.39, 0.29) is 17.5 Å². The molecule has 0 spiro atoms. The Kier molecular flexibility index (Phi) is 5.74. The fourth-order valence-electron chi connectivity index (χ4n) is 3.21. The molecule has 1 aliphatic heterocycles. The van der Waals surface area contributed by atoms with Crippen LogP contribution in [0, 0.1) is 0 Å². The van der Waals surface area contributed by atoms with Gasteiger partial charge in [-0.05, 0) is 19.1 Å². The quantitative estimate of drug-likeness (QED) is 0.788. The van der Waals surface area contributed by atoms with E-state index >= 15 is 0 Å². The van der Waals surface area contributed by atoms with Crippen molar-refractivity contribution in [2.24, 2.45) is 0 Å². The van der Waals surface area contributed by atoms with Crippen LogP contribution in [0.1, 0.15) is 60.4 Å². The van der Waals surface area contributed by atoms with E-state index in [1.807, 2.05) is 20.8 Å². The minimum Gasteiger partial charge on any atom is -0.338 e. The van der Waals surface area contributed by atoms with Gasteiger partial charge in [0.05, 0.1) is 17.2 Å². The van der Waals surface area contributed by atoms with Crippen LogP contribution in [0.5, 0.6) is 0 Å². The Labute approximate surface area is 161 Å². The third kappa shape index (κ3) is 4.19. The van der Waals surface area contributed by atoms with E-state index in [0.717, 1.165) is 6.07 Å². The predicted octanol–water partition coefficient (Wildman–Crippen LogP) is 3.73. The van der Waals surface area contributed by atoms with Crippen molar-refractivity contribution in [3.63, 3.8) is 0 Å². The van der Waals surface area contributed by atoms with Crippen molar-refractivity contribution in [1.82, 2.24) is 19.9 Å². The monoisotopic (exact) mass is 396 g/mol. The van der Waals surface area contributed by atoms with E-state index in [4.69, 9.17) is 4.52 Å². The van der Waals surface area contributed by atoms with Gasteiger partial charge in [0.1, 0.15) is 0 Å². The van der Waals surface area contributed by atoms with Crippen LogP contribution in [-0.4, -0.2) is 52.0 Å². The normalized spacial score (nSPS) is 17.2. The Morgan fingerprint density at radius 1 is 1.11 bits per heavy atom. The van der Waals surface area contributed by atoms with Gasteiger partial charge in [-0.1, -0.05) is 31.1 Å². The second-order valence-corrected chi connectivity index (χ2v) is 7.19. The number of aromatic nitrogens is 2. The average Bonchev–Trinajstić information content (AvgIpc) is 3.17. The molecular formula is C19H23F3N4O2. The molecule has 28 heavy (non-hydrogen) atoms. The summed E-state index contributed by atoms with van der Waals surface area (Å²) in [5.41, 5.74) is -1.21. The molecular weight excluding hydrogens is 373 g/mol. The Bertz CT molecular complexity index is 827. The lowest BCUT2D eigenvalue weighted by atomic mass is 10.1. The molecule has 1 atom stereocenters. The van der Waals surface area contributed by atoms with E-state index in [0.29, 0.717) is 37.9 Å². The summed E-state index contributed by atoms with van der Waals surface area (Å²) >= 11 is 0. The molecule has 1 aromatic carbocycles. The van der Waals surface area contributed by atoms with E-state index in [9.17, 15) is 18.0 Å². The zero-order valence-corrected chi connectivity index (χ0v) is 16.0. The summed E-state index contributed by atoms with van der Waals surface area (Å²) in [4.78, 5) is 20.6. The number of benzene rings is 1. The van der Waals surface area contributed by atoms with Crippen LogP contribution in [0.15, 0.2) is 28.8 Å². The van der Waals surface area contributed by atoms with E-state index < -0.39 is 17.6 Å². The molecule has 1 aliphatic rings. The maximum atomic E-state index is 13.2. The molecule has 1 unspecified atom stereocenters. The smallest absolute Gasteiger partial charge is 0.338 e. The molecule has 0 radical (unpaired) electrons. The molecule has 1 amide bonds. The van der Waals surface area contributed by atoms with Crippen molar-refractivity contribution < 1.29 is 22.5 Å². The fraction of sp³-hybridized carbons (Fsp3) is 0.526. The van der Waals surface area contributed by atoms with Crippen molar-refractivity contribution in [1.29, 1.82) is 0 Å². The first-order valence-corrected chi connectivity index (χ1v) is 9.21. The Balaban J connectivity index is 1.66. The van der Waals surface area contributed by atoms with Crippen molar-refractivity contribution >= 4 is 5.91 Å². The van der Waals surface area contributed by atoms with Gasteiger partial charge in [-0.3, -0.25) is 9.69 Å². The van der Waals surface area contributed by atoms with Crippen LogP contribution in [0.2, 0.25) is 0 Å². The van der Waals surface area contributed by atoms with Crippen molar-refractivity contribution in [3.05, 3.63) is 47.1 Å². The molecule has 3 rings (SSSR count). The molecule has 152 valence electrons. The molecule has 1 aromatic heterocycles. The van der Waals surface area contributed by atoms with Gasteiger partial charge in [0.2, 0.25) is 5.89 Å². The van der Waals surface area contributed by atoms with Gasteiger partial charge < -0.3 is 9.42 Å². The number of hydrogen-bond donors (Lipinski definition) is 0. The molecule has 2 heterocycles. The largest absolute Gasteiger partial charge is 0.417 e. The summed E-state index contributed by atoms with van der Waals surface area (Å²) in [5.74, 6) is 0.707. The number of carbonyl (C=O) groups is 1. The Morgan fingerprint density at radius 3 is 2.32 bits per heavy atom. The number of carbonyl (C=O) groups excluding carboxylic acids is 1. The number of piperazine rings is 1. The second kappa shape index (κ2) is 7.90.